The smallest absolute Gasteiger partial charge is 0.229 e. The molecular formula is C21H24N2O3. The highest BCUT2D eigenvalue weighted by molar-refractivity contribution is 6.03. The van der Waals surface area contributed by atoms with Crippen molar-refractivity contribution < 1.29 is 14.3 Å². The van der Waals surface area contributed by atoms with Crippen molar-refractivity contribution in [3.8, 4) is 5.75 Å². The molecule has 1 saturated heterocycles. The molecule has 136 valence electrons. The summed E-state index contributed by atoms with van der Waals surface area (Å²) in [5, 5.41) is 2.92. The Bertz CT molecular complexity index is 782. The minimum atomic E-state index is -0.352. The monoisotopic (exact) mass is 352 g/mol. The number of anilines is 2. The third-order valence-electron chi connectivity index (χ3n) is 4.72. The van der Waals surface area contributed by atoms with Crippen molar-refractivity contribution in [2.24, 2.45) is 5.92 Å². The molecular weight excluding hydrogens is 328 g/mol. The summed E-state index contributed by atoms with van der Waals surface area (Å²) in [6.07, 6.45) is 0.224. The van der Waals surface area contributed by atoms with E-state index in [-0.39, 0.29) is 24.2 Å². The molecule has 1 aliphatic heterocycles. The summed E-state index contributed by atoms with van der Waals surface area (Å²) in [5.74, 6) is 0.677. The number of carbonyl (C=O) groups excluding carboxylic acids is 2. The van der Waals surface area contributed by atoms with Crippen molar-refractivity contribution in [3.05, 3.63) is 54.1 Å². The van der Waals surface area contributed by atoms with Crippen LogP contribution in [0.4, 0.5) is 11.4 Å². The number of rotatable bonds is 5. The fraction of sp³-hybridized carbons (Fsp3) is 0.333. The van der Waals surface area contributed by atoms with E-state index in [0.717, 1.165) is 17.1 Å². The van der Waals surface area contributed by atoms with Crippen LogP contribution in [0.5, 0.6) is 5.75 Å². The van der Waals surface area contributed by atoms with Gasteiger partial charge in [-0.1, -0.05) is 26.0 Å². The molecule has 5 heteroatoms. The number of methoxy groups -OCH3 is 1. The molecule has 2 amide bonds. The van der Waals surface area contributed by atoms with Gasteiger partial charge < -0.3 is 15.0 Å². The van der Waals surface area contributed by atoms with Crippen LogP contribution in [0.15, 0.2) is 48.5 Å². The molecule has 0 aromatic heterocycles. The highest BCUT2D eigenvalue weighted by Crippen LogP contribution is 2.27. The molecule has 0 radical (unpaired) electrons. The second-order valence-corrected chi connectivity index (χ2v) is 6.87. The SMILES string of the molecule is COc1ccc(N2C[C@@H](C(=O)Nc3ccc(C(C)C)cc3)CC2=O)cc1. The number of ether oxygens (including phenoxy) is 1. The second-order valence-electron chi connectivity index (χ2n) is 6.87. The molecule has 0 bridgehead atoms. The van der Waals surface area contributed by atoms with Crippen molar-refractivity contribution in [2.45, 2.75) is 26.2 Å². The van der Waals surface area contributed by atoms with Crippen LogP contribution in [-0.2, 0) is 9.59 Å². The van der Waals surface area contributed by atoms with Crippen LogP contribution in [0, 0.1) is 5.92 Å². The van der Waals surface area contributed by atoms with E-state index in [9.17, 15) is 9.59 Å². The van der Waals surface area contributed by atoms with E-state index in [1.54, 1.807) is 12.0 Å². The Labute approximate surface area is 154 Å². The number of hydrogen-bond donors (Lipinski definition) is 1. The zero-order valence-corrected chi connectivity index (χ0v) is 15.4. The molecule has 1 fully saturated rings. The van der Waals surface area contributed by atoms with Crippen molar-refractivity contribution in [1.29, 1.82) is 0 Å². The third kappa shape index (κ3) is 3.87. The first kappa shape index (κ1) is 18.0. The molecule has 1 heterocycles. The maximum Gasteiger partial charge on any atom is 0.229 e. The van der Waals surface area contributed by atoms with E-state index in [1.165, 1.54) is 5.56 Å². The van der Waals surface area contributed by atoms with E-state index in [4.69, 9.17) is 4.74 Å². The number of carbonyl (C=O) groups is 2. The highest BCUT2D eigenvalue weighted by Gasteiger charge is 2.35. The number of amides is 2. The minimum Gasteiger partial charge on any atom is -0.497 e. The Balaban J connectivity index is 1.64. The highest BCUT2D eigenvalue weighted by atomic mass is 16.5. The average molecular weight is 352 g/mol. The minimum absolute atomic E-state index is 0.0366. The molecule has 3 rings (SSSR count). The molecule has 1 N–H and O–H groups in total. The zero-order chi connectivity index (χ0) is 18.7. The van der Waals surface area contributed by atoms with Gasteiger partial charge in [0.15, 0.2) is 0 Å². The van der Waals surface area contributed by atoms with Gasteiger partial charge in [0.2, 0.25) is 11.8 Å². The molecule has 5 nitrogen and oxygen atoms in total. The predicted molar refractivity (Wildman–Crippen MR) is 103 cm³/mol. The van der Waals surface area contributed by atoms with Crippen LogP contribution >= 0.6 is 0 Å². The van der Waals surface area contributed by atoms with Gasteiger partial charge in [-0.25, -0.2) is 0 Å². The Hall–Kier alpha value is -2.82. The quantitative estimate of drug-likeness (QED) is 0.890. The van der Waals surface area contributed by atoms with Gasteiger partial charge >= 0.3 is 0 Å². The molecule has 2 aromatic carbocycles. The maximum absolute atomic E-state index is 12.5. The number of hydrogen-bond acceptors (Lipinski definition) is 3. The molecule has 26 heavy (non-hydrogen) atoms. The summed E-state index contributed by atoms with van der Waals surface area (Å²) >= 11 is 0. The molecule has 0 unspecified atom stereocenters. The normalized spacial score (nSPS) is 16.8. The number of benzene rings is 2. The lowest BCUT2D eigenvalue weighted by molar-refractivity contribution is -0.122. The summed E-state index contributed by atoms with van der Waals surface area (Å²) in [6, 6.07) is 15.1. The van der Waals surface area contributed by atoms with E-state index in [1.807, 2.05) is 48.5 Å². The van der Waals surface area contributed by atoms with Crippen molar-refractivity contribution >= 4 is 23.2 Å². The van der Waals surface area contributed by atoms with Crippen LogP contribution in [-0.4, -0.2) is 25.5 Å². The largest absolute Gasteiger partial charge is 0.497 e. The van der Waals surface area contributed by atoms with Crippen LogP contribution < -0.4 is 15.0 Å². The average Bonchev–Trinajstić information content (AvgIpc) is 3.04. The topological polar surface area (TPSA) is 58.6 Å². The Morgan fingerprint density at radius 3 is 2.35 bits per heavy atom. The fourth-order valence-corrected chi connectivity index (χ4v) is 3.09. The first-order chi connectivity index (χ1) is 12.5. The van der Waals surface area contributed by atoms with Crippen LogP contribution in [0.1, 0.15) is 31.7 Å². The summed E-state index contributed by atoms with van der Waals surface area (Å²) in [4.78, 5) is 26.5. The number of nitrogens with zero attached hydrogens (tertiary/aromatic N) is 1. The van der Waals surface area contributed by atoms with Crippen molar-refractivity contribution in [2.75, 3.05) is 23.9 Å². The van der Waals surface area contributed by atoms with Gasteiger partial charge in [0.05, 0.1) is 13.0 Å². The van der Waals surface area contributed by atoms with Gasteiger partial charge in [-0.2, -0.15) is 0 Å². The molecule has 0 saturated carbocycles. The van der Waals surface area contributed by atoms with Crippen LogP contribution in [0.2, 0.25) is 0 Å². The second kappa shape index (κ2) is 7.60. The fourth-order valence-electron chi connectivity index (χ4n) is 3.09. The lowest BCUT2D eigenvalue weighted by atomic mass is 10.0. The van der Waals surface area contributed by atoms with E-state index < -0.39 is 0 Å². The standard InChI is InChI=1S/C21H24N2O3/c1-14(2)15-4-6-17(7-5-15)22-21(25)16-12-20(24)23(13-16)18-8-10-19(26-3)11-9-18/h4-11,14,16H,12-13H2,1-3H3,(H,22,25)/t16-/m0/s1. The lowest BCUT2D eigenvalue weighted by Gasteiger charge is -2.17. The van der Waals surface area contributed by atoms with Crippen molar-refractivity contribution in [3.63, 3.8) is 0 Å². The zero-order valence-electron chi connectivity index (χ0n) is 15.4. The molecule has 2 aromatic rings. The van der Waals surface area contributed by atoms with Gasteiger partial charge in [0.25, 0.3) is 0 Å². The van der Waals surface area contributed by atoms with E-state index in [2.05, 4.69) is 19.2 Å². The Kier molecular flexibility index (Phi) is 5.26. The van der Waals surface area contributed by atoms with Crippen molar-refractivity contribution in [1.82, 2.24) is 0 Å². The van der Waals surface area contributed by atoms with Gasteiger partial charge in [0.1, 0.15) is 5.75 Å². The van der Waals surface area contributed by atoms with E-state index >= 15 is 0 Å². The first-order valence-corrected chi connectivity index (χ1v) is 8.83. The summed E-state index contributed by atoms with van der Waals surface area (Å²) in [6.45, 7) is 4.65. The summed E-state index contributed by atoms with van der Waals surface area (Å²) in [7, 11) is 1.60. The first-order valence-electron chi connectivity index (χ1n) is 8.83. The maximum atomic E-state index is 12.5. The Morgan fingerprint density at radius 1 is 1.12 bits per heavy atom. The molecule has 1 aliphatic rings. The Morgan fingerprint density at radius 2 is 1.77 bits per heavy atom. The molecule has 1 atom stereocenters. The summed E-state index contributed by atoms with van der Waals surface area (Å²) < 4.78 is 5.14. The van der Waals surface area contributed by atoms with Crippen LogP contribution in [0.3, 0.4) is 0 Å². The van der Waals surface area contributed by atoms with Gasteiger partial charge in [-0.15, -0.1) is 0 Å². The summed E-state index contributed by atoms with van der Waals surface area (Å²) in [5.41, 5.74) is 2.77. The third-order valence-corrected chi connectivity index (χ3v) is 4.72. The van der Waals surface area contributed by atoms with E-state index in [0.29, 0.717) is 12.5 Å². The van der Waals surface area contributed by atoms with Gasteiger partial charge in [-0.3, -0.25) is 9.59 Å². The van der Waals surface area contributed by atoms with Crippen LogP contribution in [0.25, 0.3) is 0 Å². The molecule has 0 aliphatic carbocycles. The predicted octanol–water partition coefficient (Wildman–Crippen LogP) is 3.81. The number of nitrogens with one attached hydrogen (secondary N) is 1. The van der Waals surface area contributed by atoms with Gasteiger partial charge in [0, 0.05) is 24.3 Å². The lowest BCUT2D eigenvalue weighted by Crippen LogP contribution is -2.28. The van der Waals surface area contributed by atoms with Gasteiger partial charge in [-0.05, 0) is 47.9 Å². The molecule has 0 spiro atoms.